The van der Waals surface area contributed by atoms with Gasteiger partial charge in [-0.3, -0.25) is 4.79 Å². The molecule has 0 bridgehead atoms. The summed E-state index contributed by atoms with van der Waals surface area (Å²) >= 11 is 0. The van der Waals surface area contributed by atoms with Crippen LogP contribution in [0.15, 0.2) is 76.4 Å². The van der Waals surface area contributed by atoms with Crippen molar-refractivity contribution >= 4 is 23.3 Å². The molecule has 1 aromatic heterocycles. The maximum absolute atomic E-state index is 12.9. The van der Waals surface area contributed by atoms with E-state index in [1.165, 1.54) is 5.01 Å². The van der Waals surface area contributed by atoms with E-state index in [1.54, 1.807) is 49.8 Å². The standard InChI is InChI=1S/C23H21N3O5/c1-29-18-10-6-15(7-11-18)19-13-20(21-3-2-12-30-21)26(25-19)22(27)14-31-23(28)16-4-8-17(24)9-5-16/h2-12,20H,13-14,24H2,1H3/t20-/m1/s1. The number of nitrogens with two attached hydrogens (primary N) is 1. The lowest BCUT2D eigenvalue weighted by Crippen LogP contribution is -2.31. The Labute approximate surface area is 178 Å². The minimum absolute atomic E-state index is 0.313. The van der Waals surface area contributed by atoms with Crippen LogP contribution in [0.2, 0.25) is 0 Å². The van der Waals surface area contributed by atoms with E-state index in [1.807, 2.05) is 24.3 Å². The van der Waals surface area contributed by atoms with E-state index in [4.69, 9.17) is 19.6 Å². The van der Waals surface area contributed by atoms with E-state index in [0.29, 0.717) is 23.4 Å². The molecule has 0 unspecified atom stereocenters. The summed E-state index contributed by atoms with van der Waals surface area (Å²) in [6.45, 7) is -0.445. The zero-order valence-corrected chi connectivity index (χ0v) is 16.9. The van der Waals surface area contributed by atoms with Gasteiger partial charge in [-0.15, -0.1) is 0 Å². The Bertz CT molecular complexity index is 1090. The number of anilines is 1. The molecule has 31 heavy (non-hydrogen) atoms. The van der Waals surface area contributed by atoms with E-state index < -0.39 is 24.5 Å². The first-order valence-corrected chi connectivity index (χ1v) is 9.65. The third-order valence-corrected chi connectivity index (χ3v) is 4.93. The molecule has 1 atom stereocenters. The predicted octanol–water partition coefficient (Wildman–Crippen LogP) is 3.41. The van der Waals surface area contributed by atoms with Crippen LogP contribution in [-0.2, 0) is 9.53 Å². The van der Waals surface area contributed by atoms with Crippen LogP contribution in [0.25, 0.3) is 0 Å². The Kier molecular flexibility index (Phi) is 5.70. The normalized spacial score (nSPS) is 15.5. The Hall–Kier alpha value is -4.07. The molecule has 1 aliphatic rings. The molecule has 3 aromatic rings. The predicted molar refractivity (Wildman–Crippen MR) is 114 cm³/mol. The van der Waals surface area contributed by atoms with Gasteiger partial charge in [0.05, 0.1) is 24.6 Å². The summed E-state index contributed by atoms with van der Waals surface area (Å²) in [5.74, 6) is 0.271. The number of hydrazone groups is 1. The SMILES string of the molecule is COc1ccc(C2=NN(C(=O)COC(=O)c3ccc(N)cc3)[C@@H](c3ccco3)C2)cc1. The first-order chi connectivity index (χ1) is 15.0. The first-order valence-electron chi connectivity index (χ1n) is 9.65. The van der Waals surface area contributed by atoms with Crippen LogP contribution in [0.1, 0.15) is 34.1 Å². The minimum Gasteiger partial charge on any atom is -0.497 e. The smallest absolute Gasteiger partial charge is 0.338 e. The van der Waals surface area contributed by atoms with Crippen molar-refractivity contribution in [2.24, 2.45) is 5.10 Å². The fourth-order valence-electron chi connectivity index (χ4n) is 3.30. The summed E-state index contributed by atoms with van der Waals surface area (Å²) in [7, 11) is 1.60. The van der Waals surface area contributed by atoms with Gasteiger partial charge in [0.15, 0.2) is 6.61 Å². The highest BCUT2D eigenvalue weighted by Crippen LogP contribution is 2.33. The van der Waals surface area contributed by atoms with Crippen LogP contribution in [0.5, 0.6) is 5.75 Å². The van der Waals surface area contributed by atoms with Crippen molar-refractivity contribution in [2.75, 3.05) is 19.5 Å². The number of esters is 1. The van der Waals surface area contributed by atoms with Gasteiger partial charge in [-0.2, -0.15) is 5.10 Å². The zero-order chi connectivity index (χ0) is 21.8. The highest BCUT2D eigenvalue weighted by molar-refractivity contribution is 6.03. The van der Waals surface area contributed by atoms with Crippen molar-refractivity contribution in [3.63, 3.8) is 0 Å². The van der Waals surface area contributed by atoms with Gasteiger partial charge in [0.25, 0.3) is 5.91 Å². The Morgan fingerprint density at radius 2 is 1.87 bits per heavy atom. The van der Waals surface area contributed by atoms with Gasteiger partial charge < -0.3 is 19.6 Å². The van der Waals surface area contributed by atoms with Gasteiger partial charge in [0.2, 0.25) is 0 Å². The number of amides is 1. The first kappa shape index (κ1) is 20.2. The molecular formula is C23H21N3O5. The van der Waals surface area contributed by atoms with Crippen LogP contribution in [-0.4, -0.2) is 36.3 Å². The molecule has 0 fully saturated rings. The van der Waals surface area contributed by atoms with Gasteiger partial charge in [-0.05, 0) is 66.2 Å². The number of hydrogen-bond acceptors (Lipinski definition) is 7. The molecule has 8 heteroatoms. The van der Waals surface area contributed by atoms with Crippen molar-refractivity contribution in [3.8, 4) is 5.75 Å². The monoisotopic (exact) mass is 419 g/mol. The summed E-state index contributed by atoms with van der Waals surface area (Å²) in [4.78, 5) is 25.1. The fourth-order valence-corrected chi connectivity index (χ4v) is 3.30. The van der Waals surface area contributed by atoms with Crippen LogP contribution in [0, 0.1) is 0 Å². The van der Waals surface area contributed by atoms with Gasteiger partial charge in [-0.25, -0.2) is 9.80 Å². The Morgan fingerprint density at radius 1 is 1.13 bits per heavy atom. The second-order valence-electron chi connectivity index (χ2n) is 6.95. The number of ether oxygens (including phenoxy) is 2. The third-order valence-electron chi connectivity index (χ3n) is 4.93. The van der Waals surface area contributed by atoms with E-state index in [2.05, 4.69) is 5.10 Å². The van der Waals surface area contributed by atoms with E-state index in [0.717, 1.165) is 17.0 Å². The molecule has 0 radical (unpaired) electrons. The molecule has 158 valence electrons. The largest absolute Gasteiger partial charge is 0.497 e. The highest BCUT2D eigenvalue weighted by Gasteiger charge is 2.35. The molecule has 2 heterocycles. The molecule has 0 saturated carbocycles. The molecule has 2 aromatic carbocycles. The minimum atomic E-state index is -0.610. The molecule has 0 aliphatic carbocycles. The fraction of sp³-hybridized carbons (Fsp3) is 0.174. The van der Waals surface area contributed by atoms with Crippen LogP contribution in [0.4, 0.5) is 5.69 Å². The Morgan fingerprint density at radius 3 is 2.52 bits per heavy atom. The molecule has 0 saturated heterocycles. The average molecular weight is 419 g/mol. The maximum atomic E-state index is 12.9. The lowest BCUT2D eigenvalue weighted by molar-refractivity contribution is -0.136. The van der Waals surface area contributed by atoms with Crippen molar-refractivity contribution in [3.05, 3.63) is 83.8 Å². The Balaban J connectivity index is 1.50. The quantitative estimate of drug-likeness (QED) is 0.485. The summed E-state index contributed by atoms with van der Waals surface area (Å²) in [5, 5.41) is 5.82. The van der Waals surface area contributed by atoms with Crippen molar-refractivity contribution in [2.45, 2.75) is 12.5 Å². The highest BCUT2D eigenvalue weighted by atomic mass is 16.5. The van der Waals surface area contributed by atoms with E-state index in [-0.39, 0.29) is 0 Å². The number of carbonyl (C=O) groups excluding carboxylic acids is 2. The number of nitrogen functional groups attached to an aromatic ring is 1. The lowest BCUT2D eigenvalue weighted by Gasteiger charge is -2.19. The third kappa shape index (κ3) is 4.42. The van der Waals surface area contributed by atoms with Gasteiger partial charge >= 0.3 is 5.97 Å². The number of benzene rings is 2. The number of methoxy groups -OCH3 is 1. The molecule has 4 rings (SSSR count). The summed E-state index contributed by atoms with van der Waals surface area (Å²) < 4.78 is 15.9. The van der Waals surface area contributed by atoms with Crippen molar-refractivity contribution in [1.29, 1.82) is 0 Å². The second kappa shape index (κ2) is 8.74. The van der Waals surface area contributed by atoms with Crippen molar-refractivity contribution in [1.82, 2.24) is 5.01 Å². The topological polar surface area (TPSA) is 107 Å². The molecule has 0 spiro atoms. The maximum Gasteiger partial charge on any atom is 0.338 e. The number of rotatable bonds is 6. The molecule has 1 amide bonds. The number of nitrogens with zero attached hydrogens (tertiary/aromatic N) is 2. The molecule has 1 aliphatic heterocycles. The van der Waals surface area contributed by atoms with Gasteiger partial charge in [0, 0.05) is 12.1 Å². The zero-order valence-electron chi connectivity index (χ0n) is 16.9. The summed E-state index contributed by atoms with van der Waals surface area (Å²) in [6, 6.07) is 16.8. The summed E-state index contributed by atoms with van der Waals surface area (Å²) in [5.41, 5.74) is 8.07. The molecule has 2 N–H and O–H groups in total. The van der Waals surface area contributed by atoms with Gasteiger partial charge in [-0.1, -0.05) is 0 Å². The average Bonchev–Trinajstić information content (AvgIpc) is 3.48. The van der Waals surface area contributed by atoms with E-state index >= 15 is 0 Å². The summed E-state index contributed by atoms with van der Waals surface area (Å²) in [6.07, 6.45) is 2.02. The van der Waals surface area contributed by atoms with Crippen LogP contribution >= 0.6 is 0 Å². The van der Waals surface area contributed by atoms with Gasteiger partial charge in [0.1, 0.15) is 17.6 Å². The lowest BCUT2D eigenvalue weighted by atomic mass is 10.0. The number of carbonyl (C=O) groups is 2. The second-order valence-corrected chi connectivity index (χ2v) is 6.95. The number of furan rings is 1. The van der Waals surface area contributed by atoms with Crippen molar-refractivity contribution < 1.29 is 23.5 Å². The molecular weight excluding hydrogens is 398 g/mol. The number of hydrogen-bond donors (Lipinski definition) is 1. The molecule has 8 nitrogen and oxygen atoms in total. The van der Waals surface area contributed by atoms with E-state index in [9.17, 15) is 9.59 Å². The van der Waals surface area contributed by atoms with Crippen LogP contribution < -0.4 is 10.5 Å². The van der Waals surface area contributed by atoms with Crippen LogP contribution in [0.3, 0.4) is 0 Å².